The van der Waals surface area contributed by atoms with Gasteiger partial charge in [0, 0.05) is 12.8 Å². The number of rotatable bonds is 47. The van der Waals surface area contributed by atoms with Crippen LogP contribution in [0, 0.1) is 0 Å². The molecular formula is C56H103NO10. The van der Waals surface area contributed by atoms with Gasteiger partial charge in [-0.2, -0.15) is 0 Å². The SMILES string of the molecule is CCCC/C=C\CCCCCCCC(=O)OCCCCCCCCCCC/C=C\CCCCCCCC(=O)NC(COC1OC(CO)C(O)C(O)C1O)C(O)/C=C/CCCCCCCCCC. The van der Waals surface area contributed by atoms with Gasteiger partial charge in [-0.15, -0.1) is 0 Å². The maximum absolute atomic E-state index is 13.0. The van der Waals surface area contributed by atoms with Crippen LogP contribution in [0.5, 0.6) is 0 Å². The molecule has 0 aromatic heterocycles. The third kappa shape index (κ3) is 36.5. The molecule has 7 unspecified atom stereocenters. The van der Waals surface area contributed by atoms with Gasteiger partial charge in [0.15, 0.2) is 6.29 Å². The summed E-state index contributed by atoms with van der Waals surface area (Å²) in [7, 11) is 0. The van der Waals surface area contributed by atoms with Gasteiger partial charge in [0.05, 0.1) is 32.0 Å². The van der Waals surface area contributed by atoms with Gasteiger partial charge in [0.25, 0.3) is 0 Å². The fourth-order valence-corrected chi connectivity index (χ4v) is 8.47. The third-order valence-electron chi connectivity index (χ3n) is 13.0. The summed E-state index contributed by atoms with van der Waals surface area (Å²) in [5.41, 5.74) is 0. The smallest absolute Gasteiger partial charge is 0.305 e. The molecule has 7 atom stereocenters. The molecule has 0 spiro atoms. The number of unbranched alkanes of at least 4 members (excludes halogenated alkanes) is 29. The van der Waals surface area contributed by atoms with E-state index in [1.807, 2.05) is 6.08 Å². The summed E-state index contributed by atoms with van der Waals surface area (Å²) in [5.74, 6) is -0.223. The quantitative estimate of drug-likeness (QED) is 0.0196. The average Bonchev–Trinajstić information content (AvgIpc) is 3.32. The summed E-state index contributed by atoms with van der Waals surface area (Å²) < 4.78 is 16.6. The molecule has 1 heterocycles. The standard InChI is InChI=1S/C56H103NO10/c1-3-5-7-9-11-13-23-28-32-36-40-44-52(61)65-45-41-37-33-29-25-22-20-18-16-15-17-19-21-24-27-31-35-39-43-51(60)57-48(47-66-56-55(64)54(63)53(62)50(46-58)67-56)49(59)42-38-34-30-26-14-12-10-8-6-4-2/h9,11,17,19,38,42,48-50,53-56,58-59,62-64H,3-8,10,12-16,18,20-37,39-41,43-47H2,1-2H3,(H,57,60)/b11-9-,19-17-,42-38+. The van der Waals surface area contributed by atoms with Crippen LogP contribution in [0.15, 0.2) is 36.5 Å². The molecule has 0 aromatic carbocycles. The van der Waals surface area contributed by atoms with Crippen molar-refractivity contribution in [2.24, 2.45) is 0 Å². The van der Waals surface area contributed by atoms with Crippen LogP contribution in [-0.2, 0) is 23.8 Å². The molecule has 67 heavy (non-hydrogen) atoms. The minimum absolute atomic E-state index is 0.0246. The Bertz CT molecular complexity index is 1210. The summed E-state index contributed by atoms with van der Waals surface area (Å²) >= 11 is 0. The summed E-state index contributed by atoms with van der Waals surface area (Å²) in [6.45, 7) is 4.25. The number of nitrogens with one attached hydrogen (secondary N) is 1. The summed E-state index contributed by atoms with van der Waals surface area (Å²) in [6.07, 6.45) is 45.2. The van der Waals surface area contributed by atoms with Crippen LogP contribution < -0.4 is 5.32 Å². The van der Waals surface area contributed by atoms with Crippen LogP contribution in [0.3, 0.4) is 0 Å². The van der Waals surface area contributed by atoms with E-state index >= 15 is 0 Å². The maximum Gasteiger partial charge on any atom is 0.305 e. The number of aliphatic hydroxyl groups excluding tert-OH is 5. The van der Waals surface area contributed by atoms with Gasteiger partial charge in [-0.3, -0.25) is 9.59 Å². The molecule has 1 aliphatic rings. The van der Waals surface area contributed by atoms with Gasteiger partial charge in [-0.25, -0.2) is 0 Å². The number of esters is 1. The summed E-state index contributed by atoms with van der Waals surface area (Å²) in [5, 5.41) is 54.2. The number of carbonyl (C=O) groups excluding carboxylic acids is 2. The van der Waals surface area contributed by atoms with Gasteiger partial charge in [0.2, 0.25) is 5.91 Å². The van der Waals surface area contributed by atoms with Gasteiger partial charge in [-0.1, -0.05) is 192 Å². The normalized spacial score (nSPS) is 19.8. The summed E-state index contributed by atoms with van der Waals surface area (Å²) in [4.78, 5) is 25.0. The lowest BCUT2D eigenvalue weighted by Gasteiger charge is -2.40. The lowest BCUT2D eigenvalue weighted by molar-refractivity contribution is -0.302. The zero-order valence-corrected chi connectivity index (χ0v) is 42.9. The number of ether oxygens (including phenoxy) is 3. The fourth-order valence-electron chi connectivity index (χ4n) is 8.47. The Labute approximate surface area is 409 Å². The Morgan fingerprint density at radius 3 is 1.48 bits per heavy atom. The van der Waals surface area contributed by atoms with E-state index in [-0.39, 0.29) is 18.5 Å². The van der Waals surface area contributed by atoms with Crippen molar-refractivity contribution in [3.05, 3.63) is 36.5 Å². The highest BCUT2D eigenvalue weighted by Gasteiger charge is 2.44. The third-order valence-corrected chi connectivity index (χ3v) is 13.0. The molecule has 1 fully saturated rings. The minimum Gasteiger partial charge on any atom is -0.466 e. The van der Waals surface area contributed by atoms with E-state index < -0.39 is 49.5 Å². The van der Waals surface area contributed by atoms with Crippen molar-refractivity contribution in [2.75, 3.05) is 19.8 Å². The van der Waals surface area contributed by atoms with Gasteiger partial charge in [0.1, 0.15) is 24.4 Å². The van der Waals surface area contributed by atoms with Crippen molar-refractivity contribution in [1.82, 2.24) is 5.32 Å². The maximum atomic E-state index is 13.0. The lowest BCUT2D eigenvalue weighted by Crippen LogP contribution is -2.60. The molecule has 1 rings (SSSR count). The van der Waals surface area contributed by atoms with Crippen LogP contribution in [0.25, 0.3) is 0 Å². The molecule has 0 saturated carbocycles. The predicted molar refractivity (Wildman–Crippen MR) is 274 cm³/mol. The number of hydrogen-bond donors (Lipinski definition) is 6. The van der Waals surface area contributed by atoms with E-state index in [0.717, 1.165) is 89.9 Å². The van der Waals surface area contributed by atoms with E-state index in [1.165, 1.54) is 128 Å². The molecule has 0 aliphatic carbocycles. The van der Waals surface area contributed by atoms with Crippen molar-refractivity contribution in [1.29, 1.82) is 0 Å². The second kappa shape index (κ2) is 46.3. The Kier molecular flexibility index (Phi) is 43.4. The highest BCUT2D eigenvalue weighted by Crippen LogP contribution is 2.23. The molecular weight excluding hydrogens is 847 g/mol. The van der Waals surface area contributed by atoms with E-state index in [9.17, 15) is 35.1 Å². The lowest BCUT2D eigenvalue weighted by atomic mass is 9.99. The van der Waals surface area contributed by atoms with Crippen molar-refractivity contribution >= 4 is 11.9 Å². The van der Waals surface area contributed by atoms with Gasteiger partial charge >= 0.3 is 5.97 Å². The Balaban J connectivity index is 2.11. The zero-order chi connectivity index (χ0) is 48.8. The van der Waals surface area contributed by atoms with Crippen LogP contribution in [0.2, 0.25) is 0 Å². The Morgan fingerprint density at radius 2 is 0.970 bits per heavy atom. The first kappa shape index (κ1) is 62.9. The average molecular weight is 950 g/mol. The van der Waals surface area contributed by atoms with Crippen molar-refractivity contribution < 1.29 is 49.3 Å². The van der Waals surface area contributed by atoms with Crippen LogP contribution in [0.1, 0.15) is 245 Å². The molecule has 1 amide bonds. The Hall–Kier alpha value is -2.12. The van der Waals surface area contributed by atoms with Gasteiger partial charge < -0.3 is 45.1 Å². The number of amides is 1. The topological polar surface area (TPSA) is 175 Å². The Morgan fingerprint density at radius 1 is 0.537 bits per heavy atom. The first-order valence-electron chi connectivity index (χ1n) is 27.8. The molecule has 0 bridgehead atoms. The number of hydrogen-bond acceptors (Lipinski definition) is 10. The first-order valence-corrected chi connectivity index (χ1v) is 27.8. The number of allylic oxidation sites excluding steroid dienone is 5. The molecule has 1 saturated heterocycles. The second-order valence-corrected chi connectivity index (χ2v) is 19.3. The monoisotopic (exact) mass is 950 g/mol. The predicted octanol–water partition coefficient (Wildman–Crippen LogP) is 11.9. The van der Waals surface area contributed by atoms with E-state index in [0.29, 0.717) is 19.4 Å². The van der Waals surface area contributed by atoms with Crippen molar-refractivity contribution in [3.63, 3.8) is 0 Å². The molecule has 0 aromatic rings. The largest absolute Gasteiger partial charge is 0.466 e. The van der Waals surface area contributed by atoms with E-state index in [1.54, 1.807) is 6.08 Å². The first-order chi connectivity index (χ1) is 32.7. The van der Waals surface area contributed by atoms with E-state index in [4.69, 9.17) is 14.2 Å². The molecule has 11 heteroatoms. The molecule has 0 radical (unpaired) electrons. The van der Waals surface area contributed by atoms with Gasteiger partial charge in [-0.05, 0) is 77.0 Å². The second-order valence-electron chi connectivity index (χ2n) is 19.3. The van der Waals surface area contributed by atoms with Crippen LogP contribution >= 0.6 is 0 Å². The van der Waals surface area contributed by atoms with Crippen LogP contribution in [0.4, 0.5) is 0 Å². The molecule has 1 aliphatic heterocycles. The minimum atomic E-state index is -1.57. The zero-order valence-electron chi connectivity index (χ0n) is 42.9. The summed E-state index contributed by atoms with van der Waals surface area (Å²) in [6, 6.07) is -0.819. The molecule has 6 N–H and O–H groups in total. The highest BCUT2D eigenvalue weighted by molar-refractivity contribution is 5.76. The molecule has 11 nitrogen and oxygen atoms in total. The van der Waals surface area contributed by atoms with Crippen molar-refractivity contribution in [3.8, 4) is 0 Å². The van der Waals surface area contributed by atoms with E-state index in [2.05, 4.69) is 43.5 Å². The molecule has 392 valence electrons. The fraction of sp³-hybridized carbons (Fsp3) is 0.857. The van der Waals surface area contributed by atoms with Crippen molar-refractivity contribution in [2.45, 2.75) is 288 Å². The number of aliphatic hydroxyl groups is 5. The highest BCUT2D eigenvalue weighted by atomic mass is 16.7. The number of carbonyl (C=O) groups is 2. The van der Waals surface area contributed by atoms with Crippen LogP contribution in [-0.4, -0.2) is 100 Å².